The standard InChI is InChI=1S/C21H26ClN3O2/c1-3-14-11-24-12-15-4-5-17(10-18(14)15)25-21(26)16-8-13(2)20(19(22)9-16)27-7-6-23/h4-5,8-10,14,24H,3,6-7,11-12,23H2,1-2H3,(H,25,26). The van der Waals surface area contributed by atoms with Gasteiger partial charge in [0, 0.05) is 30.9 Å². The molecule has 0 saturated carbocycles. The molecule has 0 spiro atoms. The van der Waals surface area contributed by atoms with Crippen molar-refractivity contribution in [1.82, 2.24) is 5.32 Å². The number of anilines is 1. The van der Waals surface area contributed by atoms with E-state index >= 15 is 0 Å². The molecule has 3 rings (SSSR count). The molecule has 6 heteroatoms. The SMILES string of the molecule is CCC1CNCc2ccc(NC(=O)c3cc(C)c(OCCN)c(Cl)c3)cc21. The van der Waals surface area contributed by atoms with Crippen molar-refractivity contribution in [2.75, 3.05) is 25.0 Å². The number of nitrogens with two attached hydrogens (primary N) is 1. The number of aryl methyl sites for hydroxylation is 1. The van der Waals surface area contributed by atoms with Gasteiger partial charge < -0.3 is 21.1 Å². The lowest BCUT2D eigenvalue weighted by atomic mass is 9.88. The number of amides is 1. The molecule has 0 bridgehead atoms. The fourth-order valence-corrected chi connectivity index (χ4v) is 3.80. The van der Waals surface area contributed by atoms with Crippen molar-refractivity contribution in [1.29, 1.82) is 0 Å². The fraction of sp³-hybridized carbons (Fsp3) is 0.381. The average molecular weight is 388 g/mol. The normalized spacial score (nSPS) is 15.9. The van der Waals surface area contributed by atoms with Crippen LogP contribution in [0.15, 0.2) is 30.3 Å². The van der Waals surface area contributed by atoms with E-state index in [1.165, 1.54) is 11.1 Å². The quantitative estimate of drug-likeness (QED) is 0.703. The van der Waals surface area contributed by atoms with Crippen LogP contribution < -0.4 is 21.1 Å². The molecule has 1 atom stereocenters. The Morgan fingerprint density at radius 1 is 1.37 bits per heavy atom. The van der Waals surface area contributed by atoms with Crippen LogP contribution in [0.4, 0.5) is 5.69 Å². The summed E-state index contributed by atoms with van der Waals surface area (Å²) in [5.74, 6) is 0.860. The largest absolute Gasteiger partial charge is 0.490 e. The molecule has 0 radical (unpaired) electrons. The molecule has 27 heavy (non-hydrogen) atoms. The van der Waals surface area contributed by atoms with Crippen LogP contribution in [0.25, 0.3) is 0 Å². The van der Waals surface area contributed by atoms with E-state index in [-0.39, 0.29) is 5.91 Å². The van der Waals surface area contributed by atoms with Gasteiger partial charge in [0.05, 0.1) is 5.02 Å². The zero-order valence-electron chi connectivity index (χ0n) is 15.8. The third kappa shape index (κ3) is 4.43. The van der Waals surface area contributed by atoms with Crippen LogP contribution in [0, 0.1) is 6.92 Å². The zero-order chi connectivity index (χ0) is 19.4. The van der Waals surface area contributed by atoms with Crippen LogP contribution in [-0.4, -0.2) is 25.6 Å². The van der Waals surface area contributed by atoms with Gasteiger partial charge in [-0.05, 0) is 60.2 Å². The van der Waals surface area contributed by atoms with Crippen molar-refractivity contribution in [3.05, 3.63) is 57.6 Å². The Morgan fingerprint density at radius 2 is 2.19 bits per heavy atom. The Labute approximate surface area is 165 Å². The molecule has 0 aromatic heterocycles. The lowest BCUT2D eigenvalue weighted by Gasteiger charge is -2.26. The molecule has 144 valence electrons. The smallest absolute Gasteiger partial charge is 0.255 e. The molecular formula is C21H26ClN3O2. The molecule has 0 aliphatic carbocycles. The lowest BCUT2D eigenvalue weighted by Crippen LogP contribution is -2.28. The maximum Gasteiger partial charge on any atom is 0.255 e. The molecule has 1 aliphatic heterocycles. The number of hydrogen-bond acceptors (Lipinski definition) is 4. The van der Waals surface area contributed by atoms with Crippen molar-refractivity contribution in [2.45, 2.75) is 32.7 Å². The zero-order valence-corrected chi connectivity index (χ0v) is 16.5. The minimum absolute atomic E-state index is 0.188. The molecule has 0 fully saturated rings. The molecule has 5 nitrogen and oxygen atoms in total. The first-order valence-corrected chi connectivity index (χ1v) is 9.69. The first-order chi connectivity index (χ1) is 13.0. The Morgan fingerprint density at radius 3 is 2.89 bits per heavy atom. The van der Waals surface area contributed by atoms with E-state index in [2.05, 4.69) is 29.7 Å². The summed E-state index contributed by atoms with van der Waals surface area (Å²) in [6.07, 6.45) is 1.07. The van der Waals surface area contributed by atoms with E-state index in [1.54, 1.807) is 12.1 Å². The predicted octanol–water partition coefficient (Wildman–Crippen LogP) is 3.84. The van der Waals surface area contributed by atoms with E-state index in [1.807, 2.05) is 13.0 Å². The van der Waals surface area contributed by atoms with Crippen molar-refractivity contribution in [3.63, 3.8) is 0 Å². The van der Waals surface area contributed by atoms with E-state index in [0.29, 0.717) is 35.4 Å². The Hall–Kier alpha value is -2.08. The average Bonchev–Trinajstić information content (AvgIpc) is 2.66. The first-order valence-electron chi connectivity index (χ1n) is 9.31. The Kier molecular flexibility index (Phi) is 6.37. The maximum absolute atomic E-state index is 12.7. The summed E-state index contributed by atoms with van der Waals surface area (Å²) in [6.45, 7) is 6.69. The summed E-state index contributed by atoms with van der Waals surface area (Å²) in [6, 6.07) is 9.54. The van der Waals surface area contributed by atoms with Gasteiger partial charge in [0.1, 0.15) is 12.4 Å². The van der Waals surface area contributed by atoms with Crippen molar-refractivity contribution in [3.8, 4) is 5.75 Å². The summed E-state index contributed by atoms with van der Waals surface area (Å²) < 4.78 is 5.56. The van der Waals surface area contributed by atoms with Crippen LogP contribution >= 0.6 is 11.6 Å². The second kappa shape index (κ2) is 8.74. The molecule has 2 aromatic carbocycles. The number of hydrogen-bond donors (Lipinski definition) is 3. The van der Waals surface area contributed by atoms with Gasteiger partial charge in [-0.3, -0.25) is 4.79 Å². The van der Waals surface area contributed by atoms with Crippen LogP contribution in [0.1, 0.15) is 46.3 Å². The highest BCUT2D eigenvalue weighted by Crippen LogP contribution is 2.31. The topological polar surface area (TPSA) is 76.4 Å². The van der Waals surface area contributed by atoms with Gasteiger partial charge >= 0.3 is 0 Å². The number of carbonyl (C=O) groups is 1. The molecule has 1 amide bonds. The third-order valence-corrected chi connectivity index (χ3v) is 5.18. The molecule has 0 saturated heterocycles. The number of rotatable bonds is 6. The highest BCUT2D eigenvalue weighted by atomic mass is 35.5. The summed E-state index contributed by atoms with van der Waals surface area (Å²) in [7, 11) is 0. The molecule has 1 heterocycles. The lowest BCUT2D eigenvalue weighted by molar-refractivity contribution is 0.102. The van der Waals surface area contributed by atoms with E-state index in [0.717, 1.165) is 30.8 Å². The third-order valence-electron chi connectivity index (χ3n) is 4.90. The summed E-state index contributed by atoms with van der Waals surface area (Å²) in [5.41, 5.74) is 10.2. The monoisotopic (exact) mass is 387 g/mol. The van der Waals surface area contributed by atoms with Gasteiger partial charge in [0.15, 0.2) is 0 Å². The first kappa shape index (κ1) is 19.7. The van der Waals surface area contributed by atoms with Crippen molar-refractivity contribution < 1.29 is 9.53 Å². The van der Waals surface area contributed by atoms with Gasteiger partial charge in [-0.2, -0.15) is 0 Å². The van der Waals surface area contributed by atoms with Gasteiger partial charge in [0.2, 0.25) is 0 Å². The van der Waals surface area contributed by atoms with Crippen molar-refractivity contribution in [2.24, 2.45) is 5.73 Å². The van der Waals surface area contributed by atoms with Gasteiger partial charge in [0.25, 0.3) is 5.91 Å². The number of halogens is 1. The number of fused-ring (bicyclic) bond motifs is 1. The second-order valence-electron chi connectivity index (χ2n) is 6.85. The predicted molar refractivity (Wildman–Crippen MR) is 110 cm³/mol. The van der Waals surface area contributed by atoms with Gasteiger partial charge in [-0.15, -0.1) is 0 Å². The summed E-state index contributed by atoms with van der Waals surface area (Å²) in [5, 5.41) is 6.84. The maximum atomic E-state index is 12.7. The van der Waals surface area contributed by atoms with Gasteiger partial charge in [-0.1, -0.05) is 24.6 Å². The highest BCUT2D eigenvalue weighted by Gasteiger charge is 2.19. The molecule has 2 aromatic rings. The number of ether oxygens (including phenoxy) is 1. The minimum Gasteiger partial charge on any atom is -0.490 e. The number of nitrogens with one attached hydrogen (secondary N) is 2. The second-order valence-corrected chi connectivity index (χ2v) is 7.25. The fourth-order valence-electron chi connectivity index (χ4n) is 3.48. The van der Waals surface area contributed by atoms with Crippen LogP contribution in [0.2, 0.25) is 5.02 Å². The van der Waals surface area contributed by atoms with Gasteiger partial charge in [-0.25, -0.2) is 0 Å². The van der Waals surface area contributed by atoms with E-state index in [9.17, 15) is 4.79 Å². The number of carbonyl (C=O) groups excluding carboxylic acids is 1. The Balaban J connectivity index is 1.80. The van der Waals surface area contributed by atoms with Crippen molar-refractivity contribution >= 4 is 23.2 Å². The number of benzene rings is 2. The highest BCUT2D eigenvalue weighted by molar-refractivity contribution is 6.32. The van der Waals surface area contributed by atoms with Crippen LogP contribution in [0.5, 0.6) is 5.75 Å². The summed E-state index contributed by atoms with van der Waals surface area (Å²) >= 11 is 6.30. The van der Waals surface area contributed by atoms with E-state index < -0.39 is 0 Å². The molecule has 1 aliphatic rings. The molecule has 1 unspecified atom stereocenters. The molecular weight excluding hydrogens is 362 g/mol. The van der Waals surface area contributed by atoms with Crippen LogP contribution in [0.3, 0.4) is 0 Å². The van der Waals surface area contributed by atoms with Crippen LogP contribution in [-0.2, 0) is 6.54 Å². The molecule has 4 N–H and O–H groups in total. The minimum atomic E-state index is -0.188. The summed E-state index contributed by atoms with van der Waals surface area (Å²) in [4.78, 5) is 12.7. The van der Waals surface area contributed by atoms with E-state index in [4.69, 9.17) is 22.1 Å². The Bertz CT molecular complexity index is 815.